The van der Waals surface area contributed by atoms with Crippen LogP contribution in [0.2, 0.25) is 0 Å². The van der Waals surface area contributed by atoms with E-state index in [0.717, 1.165) is 24.6 Å². The number of aromatic nitrogens is 1. The summed E-state index contributed by atoms with van der Waals surface area (Å²) in [5, 5.41) is -0.267. The van der Waals surface area contributed by atoms with Crippen molar-refractivity contribution in [3.05, 3.63) is 123 Å². The van der Waals surface area contributed by atoms with Gasteiger partial charge < -0.3 is 4.74 Å². The number of allylic oxidation sites excluding steroid dienone is 1. The number of nitrogens with zero attached hydrogens (tertiary/aromatic N) is 2. The van der Waals surface area contributed by atoms with Gasteiger partial charge in [-0.3, -0.25) is 0 Å². The van der Waals surface area contributed by atoms with E-state index in [1.54, 1.807) is 0 Å². The van der Waals surface area contributed by atoms with Crippen molar-refractivity contribution < 1.29 is 34.1 Å². The first-order valence-corrected chi connectivity index (χ1v) is 22.0. The topological polar surface area (TPSA) is 17.2 Å². The second kappa shape index (κ2) is 15.0. The molecule has 3 aromatic carbocycles. The third-order valence-electron chi connectivity index (χ3n) is 10.1. The molecule has 6 rings (SSSR count). The SMILES string of the molecule is CC(C)c1cc(C(C)(C)C)cc(C(C)C)c1OC1=C2C=CC(Sc3c(F)cc(C(C)(C)C)cc3F)=[N+]2S(F)(F)n2c(Sc3c(F)cc(C(C)(C)C)cc3F)ccc21. The van der Waals surface area contributed by atoms with Gasteiger partial charge in [0.1, 0.15) is 34.7 Å². The molecule has 0 saturated heterocycles. The van der Waals surface area contributed by atoms with Gasteiger partial charge in [-0.25, -0.2) is 17.6 Å². The summed E-state index contributed by atoms with van der Waals surface area (Å²) in [7, 11) is 0. The van der Waals surface area contributed by atoms with Crippen LogP contribution in [0.1, 0.15) is 135 Å². The van der Waals surface area contributed by atoms with Crippen molar-refractivity contribution in [1.29, 1.82) is 0 Å². The Morgan fingerprint density at radius 1 is 0.614 bits per heavy atom. The minimum absolute atomic E-state index is 0.00276. The van der Waals surface area contributed by atoms with Crippen LogP contribution < -0.4 is 4.74 Å². The quantitative estimate of drug-likeness (QED) is 0.136. The van der Waals surface area contributed by atoms with Crippen LogP contribution in [0, 0.1) is 23.3 Å². The average Bonchev–Trinajstić information content (AvgIpc) is 3.70. The molecular formula is C45H51F6N2OS3+. The van der Waals surface area contributed by atoms with Gasteiger partial charge in [0.2, 0.25) is 5.76 Å². The monoisotopic (exact) mass is 845 g/mol. The first kappa shape index (κ1) is 43.1. The summed E-state index contributed by atoms with van der Waals surface area (Å²) >= 11 is -4.03. The average molecular weight is 846 g/mol. The second-order valence-electron chi connectivity index (χ2n) is 18.3. The minimum Gasteiger partial charge on any atom is -0.447 e. The zero-order valence-electron chi connectivity index (χ0n) is 34.7. The molecule has 0 unspecified atom stereocenters. The molecule has 57 heavy (non-hydrogen) atoms. The number of benzene rings is 3. The van der Waals surface area contributed by atoms with E-state index >= 15 is 25.3 Å². The molecule has 0 amide bonds. The molecule has 0 radical (unpaired) electrons. The summed E-state index contributed by atoms with van der Waals surface area (Å²) in [5.41, 5.74) is 2.41. The number of fused-ring (bicyclic) bond motifs is 2. The molecule has 0 fully saturated rings. The minimum atomic E-state index is -5.13. The lowest BCUT2D eigenvalue weighted by atomic mass is 9.81. The molecule has 3 nitrogen and oxygen atoms in total. The van der Waals surface area contributed by atoms with Crippen LogP contribution in [0.4, 0.5) is 25.3 Å². The molecular weight excluding hydrogens is 795 g/mol. The highest BCUT2D eigenvalue weighted by molar-refractivity contribution is 8.20. The van der Waals surface area contributed by atoms with Crippen LogP contribution in [-0.2, 0) is 16.2 Å². The summed E-state index contributed by atoms with van der Waals surface area (Å²) < 4.78 is 106. The lowest BCUT2D eigenvalue weighted by Crippen LogP contribution is -2.27. The third kappa shape index (κ3) is 8.12. The van der Waals surface area contributed by atoms with Gasteiger partial charge in [-0.15, -0.1) is 0 Å². The summed E-state index contributed by atoms with van der Waals surface area (Å²) in [6.45, 7) is 25.5. The molecule has 0 aliphatic carbocycles. The number of thioether (sulfide) groups is 1. The molecule has 0 saturated carbocycles. The summed E-state index contributed by atoms with van der Waals surface area (Å²) in [6, 6.07) is 12.0. The van der Waals surface area contributed by atoms with Gasteiger partial charge in [0.25, 0.3) is 10.7 Å². The Morgan fingerprint density at radius 2 is 1.04 bits per heavy atom. The zero-order valence-corrected chi connectivity index (χ0v) is 37.2. The van der Waals surface area contributed by atoms with Gasteiger partial charge in [0.05, 0.1) is 14.8 Å². The van der Waals surface area contributed by atoms with Gasteiger partial charge in [0, 0.05) is 12.2 Å². The van der Waals surface area contributed by atoms with Crippen LogP contribution in [0.3, 0.4) is 0 Å². The molecule has 306 valence electrons. The fraction of sp³-hybridized carbons (Fsp3) is 0.400. The van der Waals surface area contributed by atoms with E-state index in [1.807, 2.05) is 69.2 Å². The van der Waals surface area contributed by atoms with Crippen molar-refractivity contribution in [1.82, 2.24) is 3.97 Å². The van der Waals surface area contributed by atoms with Gasteiger partial charge in [0.15, 0.2) is 0 Å². The molecule has 2 aliphatic heterocycles. The number of hydrogen-bond donors (Lipinski definition) is 0. The molecule has 0 atom stereocenters. The normalized spacial score (nSPS) is 16.2. The Balaban J connectivity index is 1.59. The van der Waals surface area contributed by atoms with E-state index in [1.165, 1.54) is 48.6 Å². The standard InChI is InChI=1S/C45H51F6N2OS3/c1-24(2)29-18-26(43(5,6)7)19-30(25(3)4)39(29)54-40-35-14-16-37(55-41-31(46)20-27(21-32(41)47)44(8,9)10)52(35)57(50,51)53-36(40)15-17-38(53)56-42-33(48)22-28(23-34(42)49)45(11,12)13/h14-25H,1-13H3/q+1. The van der Waals surface area contributed by atoms with Gasteiger partial charge in [-0.05, 0) is 104 Å². The van der Waals surface area contributed by atoms with Crippen molar-refractivity contribution in [2.24, 2.45) is 0 Å². The van der Waals surface area contributed by atoms with Crippen molar-refractivity contribution in [2.75, 3.05) is 0 Å². The highest BCUT2D eigenvalue weighted by Gasteiger charge is 2.55. The maximum absolute atomic E-state index is 17.5. The smallest absolute Gasteiger partial charge is 0.389 e. The van der Waals surface area contributed by atoms with E-state index in [9.17, 15) is 0 Å². The van der Waals surface area contributed by atoms with Crippen molar-refractivity contribution in [3.63, 3.8) is 0 Å². The second-order valence-corrected chi connectivity index (χ2v) is 22.0. The van der Waals surface area contributed by atoms with Crippen LogP contribution in [0.5, 0.6) is 5.75 Å². The van der Waals surface area contributed by atoms with Crippen LogP contribution in [-0.4, -0.2) is 13.0 Å². The fourth-order valence-electron chi connectivity index (χ4n) is 6.64. The van der Waals surface area contributed by atoms with Crippen LogP contribution >= 0.6 is 34.7 Å². The lowest BCUT2D eigenvalue weighted by molar-refractivity contribution is -0.300. The Bertz CT molecular complexity index is 2290. The van der Waals surface area contributed by atoms with Gasteiger partial charge in [-0.1, -0.05) is 126 Å². The maximum atomic E-state index is 17.5. The predicted molar refractivity (Wildman–Crippen MR) is 225 cm³/mol. The van der Waals surface area contributed by atoms with E-state index in [4.69, 9.17) is 4.74 Å². The zero-order chi connectivity index (χ0) is 42.3. The molecule has 0 spiro atoms. The Labute approximate surface area is 343 Å². The van der Waals surface area contributed by atoms with Crippen LogP contribution in [0.15, 0.2) is 81.2 Å². The van der Waals surface area contributed by atoms with E-state index in [2.05, 4.69) is 32.9 Å². The van der Waals surface area contributed by atoms with Crippen molar-refractivity contribution in [3.8, 4) is 5.75 Å². The number of halogens is 6. The molecule has 0 bridgehead atoms. The van der Waals surface area contributed by atoms with E-state index < -0.39 is 55.1 Å². The Kier molecular flexibility index (Phi) is 11.3. The van der Waals surface area contributed by atoms with Gasteiger partial charge in [-0.2, -0.15) is 3.97 Å². The fourth-order valence-corrected chi connectivity index (χ4v) is 10.6. The highest BCUT2D eigenvalue weighted by atomic mass is 32.3. The Morgan fingerprint density at radius 3 is 1.46 bits per heavy atom. The van der Waals surface area contributed by atoms with Crippen molar-refractivity contribution >= 4 is 45.5 Å². The largest absolute Gasteiger partial charge is 0.447 e. The summed E-state index contributed by atoms with van der Waals surface area (Å²) in [6.07, 6.45) is 2.87. The first-order valence-electron chi connectivity index (χ1n) is 19.0. The number of hydrogen-bond acceptors (Lipinski definition) is 3. The van der Waals surface area contributed by atoms with Gasteiger partial charge >= 0.3 is 11.2 Å². The summed E-state index contributed by atoms with van der Waals surface area (Å²) in [5.74, 6) is -2.94. The third-order valence-corrected chi connectivity index (χ3v) is 14.3. The predicted octanol–water partition coefficient (Wildman–Crippen LogP) is 15.1. The Hall–Kier alpha value is -3.48. The molecule has 4 aromatic rings. The lowest BCUT2D eigenvalue weighted by Gasteiger charge is -2.30. The number of ether oxygens (including phenoxy) is 1. The van der Waals surface area contributed by atoms with E-state index in [0.29, 0.717) is 40.4 Å². The summed E-state index contributed by atoms with van der Waals surface area (Å²) in [4.78, 5) is -0.862. The van der Waals surface area contributed by atoms with Crippen LogP contribution in [0.25, 0.3) is 5.76 Å². The first-order chi connectivity index (χ1) is 26.2. The molecule has 1 aromatic heterocycles. The van der Waals surface area contributed by atoms with Crippen molar-refractivity contribution in [2.45, 2.75) is 133 Å². The van der Waals surface area contributed by atoms with E-state index in [-0.39, 0.29) is 44.5 Å². The molecule has 0 N–H and O–H groups in total. The molecule has 3 heterocycles. The maximum Gasteiger partial charge on any atom is 0.389 e. The highest BCUT2D eigenvalue weighted by Crippen LogP contribution is 2.64. The number of rotatable bonds is 7. The molecule has 2 aliphatic rings. The molecule has 12 heteroatoms.